The van der Waals surface area contributed by atoms with E-state index < -0.39 is 5.97 Å². The molecule has 0 saturated carbocycles. The van der Waals surface area contributed by atoms with Crippen molar-refractivity contribution in [3.63, 3.8) is 0 Å². The summed E-state index contributed by atoms with van der Waals surface area (Å²) in [5, 5.41) is 10.9. The molecule has 0 fully saturated rings. The summed E-state index contributed by atoms with van der Waals surface area (Å²) < 4.78 is 11.3. The molecule has 7 heteroatoms. The van der Waals surface area contributed by atoms with Gasteiger partial charge in [0.25, 0.3) is 0 Å². The molecule has 2 aliphatic heterocycles. The van der Waals surface area contributed by atoms with Crippen molar-refractivity contribution in [1.29, 1.82) is 0 Å². The number of rotatable bonds is 4. The lowest BCUT2D eigenvalue weighted by molar-refractivity contribution is 0.0523. The van der Waals surface area contributed by atoms with Gasteiger partial charge in [-0.15, -0.1) is 0 Å². The maximum Gasteiger partial charge on any atom is 0.347 e. The smallest absolute Gasteiger partial charge is 0.347 e. The molecule has 4 heterocycles. The molecule has 156 valence electrons. The van der Waals surface area contributed by atoms with Crippen molar-refractivity contribution in [2.45, 2.75) is 19.9 Å². The molecule has 0 bridgehead atoms. The number of nitrogens with zero attached hydrogens (tertiary/aromatic N) is 3. The van der Waals surface area contributed by atoms with E-state index >= 15 is 0 Å². The highest BCUT2D eigenvalue weighted by Gasteiger charge is 2.31. The number of anilines is 1. The lowest BCUT2D eigenvalue weighted by Gasteiger charge is -2.29. The minimum atomic E-state index is -0.607. The van der Waals surface area contributed by atoms with Crippen LogP contribution in [-0.2, 0) is 17.7 Å². The van der Waals surface area contributed by atoms with Crippen molar-refractivity contribution in [1.82, 2.24) is 4.98 Å². The fourth-order valence-corrected chi connectivity index (χ4v) is 3.99. The Morgan fingerprint density at radius 3 is 2.94 bits per heavy atom. The molecule has 0 atom stereocenters. The Hall–Kier alpha value is -3.87. The molecule has 7 nitrogen and oxygen atoms in total. The van der Waals surface area contributed by atoms with Crippen molar-refractivity contribution in [2.75, 3.05) is 18.1 Å². The highest BCUT2D eigenvalue weighted by Crippen LogP contribution is 2.41. The predicted molar refractivity (Wildman–Crippen MR) is 118 cm³/mol. The third-order valence-corrected chi connectivity index (χ3v) is 5.50. The molecular formula is C24H21N3O4. The van der Waals surface area contributed by atoms with Crippen LogP contribution in [0, 0.1) is 0 Å². The number of fused-ring (bicyclic) bond motifs is 2. The van der Waals surface area contributed by atoms with Crippen molar-refractivity contribution >= 4 is 35.5 Å². The van der Waals surface area contributed by atoms with Crippen LogP contribution < -0.4 is 4.90 Å². The molecule has 31 heavy (non-hydrogen) atoms. The number of ether oxygens (including phenoxy) is 1. The van der Waals surface area contributed by atoms with Crippen LogP contribution in [0.4, 0.5) is 11.7 Å². The number of aromatic nitrogens is 1. The number of hydrogen-bond acceptors (Lipinski definition) is 7. The second-order valence-electron chi connectivity index (χ2n) is 7.39. The second kappa shape index (κ2) is 7.75. The molecule has 0 unspecified atom stereocenters. The highest BCUT2D eigenvalue weighted by atomic mass is 16.5. The summed E-state index contributed by atoms with van der Waals surface area (Å²) >= 11 is 0. The number of pyridine rings is 1. The summed E-state index contributed by atoms with van der Waals surface area (Å²) in [6, 6.07) is 11.9. The zero-order valence-corrected chi connectivity index (χ0v) is 17.0. The van der Waals surface area contributed by atoms with Gasteiger partial charge in [0, 0.05) is 36.6 Å². The van der Waals surface area contributed by atoms with E-state index in [0.29, 0.717) is 24.8 Å². The lowest BCUT2D eigenvalue weighted by atomic mass is 10.00. The van der Waals surface area contributed by atoms with E-state index in [1.807, 2.05) is 29.2 Å². The average Bonchev–Trinajstić information content (AvgIpc) is 3.35. The molecule has 5 rings (SSSR count). The molecule has 3 aromatic rings. The zero-order chi connectivity index (χ0) is 21.4. The fraction of sp³-hybridized carbons (Fsp3) is 0.208. The molecule has 0 saturated heterocycles. The first kappa shape index (κ1) is 19.1. The summed E-state index contributed by atoms with van der Waals surface area (Å²) in [4.78, 5) is 23.2. The van der Waals surface area contributed by atoms with Crippen molar-refractivity contribution < 1.29 is 19.1 Å². The summed E-state index contributed by atoms with van der Waals surface area (Å²) in [6.07, 6.45) is 5.84. The van der Waals surface area contributed by atoms with Crippen LogP contribution in [0.5, 0.6) is 5.75 Å². The maximum atomic E-state index is 12.7. The number of furan rings is 1. The average molecular weight is 415 g/mol. The molecule has 1 N–H and O–H groups in total. The minimum Gasteiger partial charge on any atom is -0.504 e. The molecule has 2 aromatic heterocycles. The number of allylic oxidation sites excluding steroid dienone is 1. The molecule has 0 spiro atoms. The van der Waals surface area contributed by atoms with Crippen molar-refractivity contribution in [3.8, 4) is 5.75 Å². The minimum absolute atomic E-state index is 0.0504. The number of carbonyl (C=O) groups is 1. The van der Waals surface area contributed by atoms with Crippen molar-refractivity contribution in [2.24, 2.45) is 4.99 Å². The van der Waals surface area contributed by atoms with E-state index in [1.165, 1.54) is 11.1 Å². The van der Waals surface area contributed by atoms with Gasteiger partial charge in [-0.2, -0.15) is 0 Å². The maximum absolute atomic E-state index is 12.7. The Morgan fingerprint density at radius 2 is 2.10 bits per heavy atom. The van der Waals surface area contributed by atoms with Gasteiger partial charge in [0.15, 0.2) is 22.9 Å². The molecule has 0 radical (unpaired) electrons. The van der Waals surface area contributed by atoms with Gasteiger partial charge >= 0.3 is 5.97 Å². The van der Waals surface area contributed by atoms with Gasteiger partial charge in [0.1, 0.15) is 0 Å². The second-order valence-corrected chi connectivity index (χ2v) is 7.39. The fourth-order valence-electron chi connectivity index (χ4n) is 3.99. The van der Waals surface area contributed by atoms with Crippen LogP contribution in [0.2, 0.25) is 0 Å². The number of aromatic hydroxyl groups is 1. The van der Waals surface area contributed by atoms with Crippen LogP contribution in [0.1, 0.15) is 39.7 Å². The Balaban J connectivity index is 1.57. The predicted octanol–water partition coefficient (Wildman–Crippen LogP) is 4.38. The third-order valence-electron chi connectivity index (χ3n) is 5.50. The molecule has 0 amide bonds. The first-order valence-corrected chi connectivity index (χ1v) is 10.2. The topological polar surface area (TPSA) is 88.2 Å². The Morgan fingerprint density at radius 1 is 1.26 bits per heavy atom. The van der Waals surface area contributed by atoms with E-state index in [9.17, 15) is 9.90 Å². The quantitative estimate of drug-likeness (QED) is 0.637. The monoisotopic (exact) mass is 415 g/mol. The largest absolute Gasteiger partial charge is 0.504 e. The van der Waals surface area contributed by atoms with Crippen LogP contribution in [0.3, 0.4) is 0 Å². The number of esters is 1. The molecule has 1 aromatic carbocycles. The van der Waals surface area contributed by atoms with Gasteiger partial charge in [-0.25, -0.2) is 14.8 Å². The Labute approximate surface area is 179 Å². The van der Waals surface area contributed by atoms with Crippen LogP contribution in [-0.4, -0.2) is 35.4 Å². The Bertz CT molecular complexity index is 1230. The first-order chi connectivity index (χ1) is 15.2. The van der Waals surface area contributed by atoms with Gasteiger partial charge in [0.05, 0.1) is 6.61 Å². The SMILES string of the molecule is CCOC(=O)c1c(N2CCc3ccccc3C2)oc(C=C2C=Nc3ncccc32)c1O. The third kappa shape index (κ3) is 3.38. The number of hydrogen-bond donors (Lipinski definition) is 1. The van der Waals surface area contributed by atoms with Crippen LogP contribution in [0.25, 0.3) is 11.6 Å². The van der Waals surface area contributed by atoms with E-state index in [2.05, 4.69) is 22.1 Å². The number of carbonyl (C=O) groups excluding carboxylic acids is 1. The summed E-state index contributed by atoms with van der Waals surface area (Å²) in [5.74, 6) is 0.280. The number of aliphatic imine (C=N–C) groups is 1. The number of benzene rings is 1. The first-order valence-electron chi connectivity index (χ1n) is 10.2. The van der Waals surface area contributed by atoms with Crippen LogP contribution in [0.15, 0.2) is 52.0 Å². The molecule has 2 aliphatic rings. The lowest BCUT2D eigenvalue weighted by Crippen LogP contribution is -2.31. The Kier molecular flexibility index (Phi) is 4.78. The van der Waals surface area contributed by atoms with Gasteiger partial charge in [0.2, 0.25) is 5.88 Å². The summed E-state index contributed by atoms with van der Waals surface area (Å²) in [6.45, 7) is 3.18. The zero-order valence-electron chi connectivity index (χ0n) is 17.0. The summed E-state index contributed by atoms with van der Waals surface area (Å²) in [7, 11) is 0. The summed E-state index contributed by atoms with van der Waals surface area (Å²) in [5.41, 5.74) is 4.08. The van der Waals surface area contributed by atoms with Crippen molar-refractivity contribution in [3.05, 3.63) is 70.6 Å². The standard InChI is InChI=1S/C24H21N3O4/c1-2-30-24(29)20-21(28)19(12-17-13-26-22-18(17)8-5-10-25-22)31-23(20)27-11-9-15-6-3-4-7-16(15)14-27/h3-8,10,12-13,28H,2,9,11,14H2,1H3. The van der Waals surface area contributed by atoms with Gasteiger partial charge in [-0.05, 0) is 42.7 Å². The molecule has 0 aliphatic carbocycles. The van der Waals surface area contributed by atoms with Gasteiger partial charge in [-0.1, -0.05) is 24.3 Å². The van der Waals surface area contributed by atoms with Gasteiger partial charge < -0.3 is 19.2 Å². The van der Waals surface area contributed by atoms with E-state index in [4.69, 9.17) is 9.15 Å². The molecular weight excluding hydrogens is 394 g/mol. The van der Waals surface area contributed by atoms with E-state index in [0.717, 1.165) is 17.6 Å². The highest BCUT2D eigenvalue weighted by molar-refractivity contribution is 6.21. The van der Waals surface area contributed by atoms with Gasteiger partial charge in [-0.3, -0.25) is 0 Å². The van der Waals surface area contributed by atoms with Crippen LogP contribution >= 0.6 is 0 Å². The van der Waals surface area contributed by atoms with E-state index in [1.54, 1.807) is 25.4 Å². The normalized spacial score (nSPS) is 15.8. The van der Waals surface area contributed by atoms with E-state index in [-0.39, 0.29) is 23.7 Å².